The van der Waals surface area contributed by atoms with E-state index in [0.717, 1.165) is 0 Å². The number of aryl methyl sites for hydroxylation is 1. The van der Waals surface area contributed by atoms with E-state index in [9.17, 15) is 0 Å². The zero-order valence-electron chi connectivity index (χ0n) is 11.5. The predicted octanol–water partition coefficient (Wildman–Crippen LogP) is 1.03. The Bertz CT molecular complexity index is 641. The summed E-state index contributed by atoms with van der Waals surface area (Å²) in [5.74, 6) is 0. The van der Waals surface area contributed by atoms with Gasteiger partial charge in [-0.3, -0.25) is 0 Å². The molecule has 98 valence electrons. The van der Waals surface area contributed by atoms with Crippen molar-refractivity contribution in [3.8, 4) is 0 Å². The summed E-state index contributed by atoms with van der Waals surface area (Å²) < 4.78 is 6.84. The Kier molecular flexibility index (Phi) is 4.23. The molecule has 2 aromatic carbocycles. The minimum absolute atomic E-state index is 1.50. The minimum atomic E-state index is -2.16. The molecule has 0 saturated heterocycles. The van der Waals surface area contributed by atoms with Crippen LogP contribution < -0.4 is 14.5 Å². The monoisotopic (exact) mass is 456 g/mol. The number of nitrogens with zero attached hydrogens (tertiary/aromatic N) is 1. The molecule has 0 amide bonds. The second-order valence-electron chi connectivity index (χ2n) is 4.68. The molecule has 0 radical (unpaired) electrons. The summed E-state index contributed by atoms with van der Waals surface area (Å²) in [5.41, 5.74) is 0. The van der Waals surface area contributed by atoms with Crippen LogP contribution in [0.25, 0.3) is 0 Å². The third kappa shape index (κ3) is 2.81. The van der Waals surface area contributed by atoms with E-state index in [1.807, 2.05) is 0 Å². The normalized spacial score (nSPS) is 10.7. The summed E-state index contributed by atoms with van der Waals surface area (Å²) in [5, 5.41) is 0. The van der Waals surface area contributed by atoms with Gasteiger partial charge in [0.15, 0.2) is 0 Å². The Morgan fingerprint density at radius 2 is 1.15 bits per heavy atom. The van der Waals surface area contributed by atoms with Crippen LogP contribution in [0.3, 0.4) is 0 Å². The van der Waals surface area contributed by atoms with Crippen LogP contribution in [-0.2, 0) is 7.05 Å². The van der Waals surface area contributed by atoms with Gasteiger partial charge in [0.05, 0.1) is 0 Å². The van der Waals surface area contributed by atoms with Crippen LogP contribution in [-0.4, -0.2) is 21.8 Å². The predicted molar refractivity (Wildman–Crippen MR) is 85.2 cm³/mol. The Balaban J connectivity index is 2.17. The fraction of sp³-hybridized carbons (Fsp3) is 0.0556. The van der Waals surface area contributed by atoms with Crippen LogP contribution in [0.5, 0.6) is 0 Å². The van der Waals surface area contributed by atoms with Crippen molar-refractivity contribution in [1.82, 2.24) is 0 Å². The van der Waals surface area contributed by atoms with Gasteiger partial charge in [0.25, 0.3) is 0 Å². The van der Waals surface area contributed by atoms with Gasteiger partial charge in [-0.15, -0.1) is 0 Å². The van der Waals surface area contributed by atoms with Crippen molar-refractivity contribution in [3.63, 3.8) is 0 Å². The third-order valence-electron chi connectivity index (χ3n) is 3.29. The molecule has 0 aliphatic rings. The van der Waals surface area contributed by atoms with E-state index in [2.05, 4.69) is 96.7 Å². The molecule has 3 aromatic rings. The van der Waals surface area contributed by atoms with E-state index in [1.165, 1.54) is 9.94 Å². The molecule has 2 heteroatoms. The zero-order chi connectivity index (χ0) is 13.8. The number of benzene rings is 2. The zero-order valence-corrected chi connectivity index (χ0v) is 15.0. The van der Waals surface area contributed by atoms with Crippen molar-refractivity contribution in [2.45, 2.75) is 0 Å². The number of pyridine rings is 1. The molecule has 3 rings (SSSR count). The first-order valence-corrected chi connectivity index (χ1v) is 11.9. The van der Waals surface area contributed by atoms with Crippen molar-refractivity contribution in [2.24, 2.45) is 7.05 Å². The molecular weight excluding hydrogens is 439 g/mol. The molecule has 0 bridgehead atoms. The third-order valence-corrected chi connectivity index (χ3v) is 13.2. The van der Waals surface area contributed by atoms with Crippen molar-refractivity contribution in [3.05, 3.63) is 85.1 Å². The second-order valence-corrected chi connectivity index (χ2v) is 13.1. The summed E-state index contributed by atoms with van der Waals surface area (Å²) in [4.78, 5) is 0. The quantitative estimate of drug-likeness (QED) is 0.410. The van der Waals surface area contributed by atoms with Crippen LogP contribution in [0, 0.1) is 0 Å². The van der Waals surface area contributed by atoms with Crippen molar-refractivity contribution < 1.29 is 4.57 Å². The fourth-order valence-electron chi connectivity index (χ4n) is 2.31. The number of rotatable bonds is 3. The molecule has 0 spiro atoms. The van der Waals surface area contributed by atoms with Gasteiger partial charge < -0.3 is 0 Å². The molecule has 20 heavy (non-hydrogen) atoms. The van der Waals surface area contributed by atoms with Crippen molar-refractivity contribution in [1.29, 1.82) is 0 Å². The van der Waals surface area contributed by atoms with Crippen LogP contribution in [0.4, 0.5) is 0 Å². The average Bonchev–Trinajstić information content (AvgIpc) is 2.52. The van der Waals surface area contributed by atoms with Gasteiger partial charge in [-0.1, -0.05) is 0 Å². The van der Waals surface area contributed by atoms with Crippen LogP contribution >= 0.6 is 0 Å². The number of aromatic nitrogens is 1. The molecule has 1 aromatic heterocycles. The first-order chi connectivity index (χ1) is 9.86. The molecule has 1 nitrogen and oxygen atoms in total. The van der Waals surface area contributed by atoms with E-state index >= 15 is 0 Å². The van der Waals surface area contributed by atoms with E-state index in [4.69, 9.17) is 0 Å². The molecule has 0 aliphatic heterocycles. The van der Waals surface area contributed by atoms with Crippen molar-refractivity contribution >= 4 is 31.7 Å². The number of hydrogen-bond donors (Lipinski definition) is 0. The van der Waals surface area contributed by atoms with E-state index < -0.39 is 21.8 Å². The first-order valence-electron chi connectivity index (χ1n) is 6.71. The van der Waals surface area contributed by atoms with Gasteiger partial charge in [0.1, 0.15) is 0 Å². The maximum absolute atomic E-state index is 2.29. The van der Waals surface area contributed by atoms with Gasteiger partial charge in [-0.2, -0.15) is 0 Å². The Morgan fingerprint density at radius 3 is 1.65 bits per heavy atom. The Morgan fingerprint density at radius 1 is 0.650 bits per heavy atom. The molecule has 1 heterocycles. The SMILES string of the molecule is C[n+]1cccc[c]1[Bi]([c]1ccccc1)[c]1ccccc1. The Labute approximate surface area is 128 Å². The van der Waals surface area contributed by atoms with E-state index in [-0.39, 0.29) is 0 Å². The van der Waals surface area contributed by atoms with Gasteiger partial charge >= 0.3 is 128 Å². The van der Waals surface area contributed by atoms with Gasteiger partial charge in [0, 0.05) is 0 Å². The van der Waals surface area contributed by atoms with Crippen molar-refractivity contribution in [2.75, 3.05) is 0 Å². The Hall–Kier alpha value is -1.53. The van der Waals surface area contributed by atoms with Crippen LogP contribution in [0.2, 0.25) is 0 Å². The summed E-state index contributed by atoms with van der Waals surface area (Å²) >= 11 is -2.16. The van der Waals surface area contributed by atoms with Gasteiger partial charge in [0.2, 0.25) is 0 Å². The van der Waals surface area contributed by atoms with Gasteiger partial charge in [-0.05, 0) is 0 Å². The summed E-state index contributed by atoms with van der Waals surface area (Å²) in [6, 6.07) is 28.5. The molecule has 0 unspecified atom stereocenters. The summed E-state index contributed by atoms with van der Waals surface area (Å²) in [7, 11) is 2.16. The van der Waals surface area contributed by atoms with E-state index in [0.29, 0.717) is 0 Å². The molecule has 0 saturated carbocycles. The average molecular weight is 456 g/mol. The molecular formula is C18H17BiN+. The first kappa shape index (κ1) is 13.5. The summed E-state index contributed by atoms with van der Waals surface area (Å²) in [6.45, 7) is 0. The standard InChI is InChI=1S/C6H7N.2C6H5.Bi/c1-7-5-3-2-4-6-7;2*1-2-4-6-5-3-1;/h2-5H,1H3;2*1-5H;/q+1;;;. The maximum atomic E-state index is 2.29. The van der Waals surface area contributed by atoms with Crippen LogP contribution in [0.15, 0.2) is 85.1 Å². The fourth-order valence-corrected chi connectivity index (χ4v) is 11.6. The second kappa shape index (κ2) is 6.28. The van der Waals surface area contributed by atoms with E-state index in [1.54, 1.807) is 0 Å². The molecule has 0 atom stereocenters. The van der Waals surface area contributed by atoms with Crippen LogP contribution in [0.1, 0.15) is 0 Å². The topological polar surface area (TPSA) is 3.88 Å². The molecule has 0 aliphatic carbocycles. The summed E-state index contributed by atoms with van der Waals surface area (Å²) in [6.07, 6.45) is 2.16. The number of hydrogen-bond acceptors (Lipinski definition) is 0. The molecule has 0 N–H and O–H groups in total. The van der Waals surface area contributed by atoms with Gasteiger partial charge in [-0.25, -0.2) is 0 Å². The molecule has 0 fully saturated rings.